The zero-order chi connectivity index (χ0) is 17.7. The van der Waals surface area contributed by atoms with Gasteiger partial charge in [-0.2, -0.15) is 0 Å². The number of allylic oxidation sites excluding steroid dienone is 1. The number of carbonyl (C=O) groups is 1. The zero-order valence-electron chi connectivity index (χ0n) is 15.7. The monoisotopic (exact) mass is 354 g/mol. The number of ketones is 1. The van der Waals surface area contributed by atoms with E-state index in [9.17, 15) is 9.90 Å². The van der Waals surface area contributed by atoms with Gasteiger partial charge in [-0.1, -0.05) is 18.6 Å². The van der Waals surface area contributed by atoms with Gasteiger partial charge < -0.3 is 9.84 Å². The maximum absolute atomic E-state index is 11.9. The first-order valence-electron chi connectivity index (χ1n) is 10.8. The van der Waals surface area contributed by atoms with E-state index < -0.39 is 6.29 Å². The van der Waals surface area contributed by atoms with Crippen LogP contribution < -0.4 is 0 Å². The van der Waals surface area contributed by atoms with Gasteiger partial charge in [0, 0.05) is 17.3 Å². The highest BCUT2D eigenvalue weighted by Crippen LogP contribution is 2.78. The largest absolute Gasteiger partial charge is 0.365 e. The minimum absolute atomic E-state index is 0.157. The number of hydrogen-bond acceptors (Lipinski definition) is 3. The molecule has 7 atom stereocenters. The summed E-state index contributed by atoms with van der Waals surface area (Å²) in [6.07, 6.45) is 15.9. The quantitative estimate of drug-likeness (QED) is 0.664. The summed E-state index contributed by atoms with van der Waals surface area (Å²) in [6, 6.07) is 0. The summed E-state index contributed by atoms with van der Waals surface area (Å²) in [5, 5.41) is 10.2. The Morgan fingerprint density at radius 1 is 1.12 bits per heavy atom. The van der Waals surface area contributed by atoms with E-state index >= 15 is 0 Å². The van der Waals surface area contributed by atoms with Crippen molar-refractivity contribution in [3.63, 3.8) is 0 Å². The Labute approximate surface area is 155 Å². The lowest BCUT2D eigenvalue weighted by Gasteiger charge is -2.56. The number of rotatable bonds is 0. The molecule has 2 spiro atoms. The van der Waals surface area contributed by atoms with Crippen molar-refractivity contribution in [2.75, 3.05) is 0 Å². The van der Waals surface area contributed by atoms with Gasteiger partial charge in [-0.05, 0) is 87.2 Å². The molecule has 6 aliphatic rings. The first-order valence-corrected chi connectivity index (χ1v) is 10.8. The molecule has 26 heavy (non-hydrogen) atoms. The fraction of sp³-hybridized carbons (Fsp3) is 0.783. The molecule has 1 heterocycles. The lowest BCUT2D eigenvalue weighted by atomic mass is 9.50. The molecule has 0 aromatic rings. The van der Waals surface area contributed by atoms with Crippen LogP contribution in [0.3, 0.4) is 0 Å². The normalized spacial score (nSPS) is 53.4. The second-order valence-corrected chi connectivity index (χ2v) is 10.3. The van der Waals surface area contributed by atoms with Gasteiger partial charge >= 0.3 is 0 Å². The van der Waals surface area contributed by atoms with Gasteiger partial charge in [-0.25, -0.2) is 0 Å². The van der Waals surface area contributed by atoms with Crippen LogP contribution in [0.1, 0.15) is 64.7 Å². The highest BCUT2D eigenvalue weighted by Gasteiger charge is 2.77. The predicted octanol–water partition coefficient (Wildman–Crippen LogP) is 4.16. The maximum atomic E-state index is 11.9. The van der Waals surface area contributed by atoms with Crippen molar-refractivity contribution in [1.29, 1.82) is 0 Å². The second kappa shape index (κ2) is 4.91. The Kier molecular flexibility index (Phi) is 3.03. The number of carbonyl (C=O) groups excluding carboxylic acids is 1. The maximum Gasteiger partial charge on any atom is 0.175 e. The van der Waals surface area contributed by atoms with Crippen molar-refractivity contribution in [3.8, 4) is 0 Å². The smallest absolute Gasteiger partial charge is 0.175 e. The number of fused-ring (bicyclic) bond motifs is 7. The van der Waals surface area contributed by atoms with Crippen LogP contribution >= 0.6 is 0 Å². The van der Waals surface area contributed by atoms with E-state index in [1.54, 1.807) is 0 Å². The molecule has 0 aromatic heterocycles. The standard InChI is InChI=1S/C23H30O3/c1-21-8-6-17-16-5-3-15(24)12-14(16)2-4-18(17)19(21)13-22(10-11-22)23(21)9-7-20(25)26-23/h7,9,12,16-20,25H,2-6,8,10-11,13H2,1H3/t16-,17?,18?,19?,20?,21-,23+/m0/s1. The summed E-state index contributed by atoms with van der Waals surface area (Å²) in [5.74, 6) is 3.26. The van der Waals surface area contributed by atoms with Gasteiger partial charge in [0.05, 0.1) is 0 Å². The van der Waals surface area contributed by atoms with E-state index in [1.807, 2.05) is 12.2 Å². The van der Waals surface area contributed by atoms with Gasteiger partial charge in [0.25, 0.3) is 0 Å². The molecule has 5 aliphatic carbocycles. The number of ether oxygens (including phenoxy) is 1. The first-order chi connectivity index (χ1) is 12.5. The summed E-state index contributed by atoms with van der Waals surface area (Å²) in [4.78, 5) is 11.9. The lowest BCUT2D eigenvalue weighted by Crippen LogP contribution is -2.54. The van der Waals surface area contributed by atoms with Crippen LogP contribution in [0.5, 0.6) is 0 Å². The van der Waals surface area contributed by atoms with Crippen molar-refractivity contribution in [3.05, 3.63) is 23.8 Å². The van der Waals surface area contributed by atoms with Crippen molar-refractivity contribution >= 4 is 5.78 Å². The van der Waals surface area contributed by atoms with Crippen molar-refractivity contribution in [1.82, 2.24) is 0 Å². The molecule has 0 radical (unpaired) electrons. The van der Waals surface area contributed by atoms with E-state index in [1.165, 1.54) is 44.1 Å². The Hall–Kier alpha value is -0.930. The Morgan fingerprint density at radius 3 is 2.69 bits per heavy atom. The minimum Gasteiger partial charge on any atom is -0.365 e. The topological polar surface area (TPSA) is 46.5 Å². The predicted molar refractivity (Wildman–Crippen MR) is 98.1 cm³/mol. The molecule has 140 valence electrons. The third kappa shape index (κ3) is 1.75. The van der Waals surface area contributed by atoms with E-state index in [0.29, 0.717) is 17.6 Å². The van der Waals surface area contributed by atoms with Gasteiger partial charge in [0.1, 0.15) is 5.60 Å². The highest BCUT2D eigenvalue weighted by atomic mass is 16.6. The van der Waals surface area contributed by atoms with Crippen LogP contribution in [0.25, 0.3) is 0 Å². The molecule has 0 aromatic carbocycles. The minimum atomic E-state index is -0.717. The van der Waals surface area contributed by atoms with Crippen LogP contribution in [-0.4, -0.2) is 22.8 Å². The van der Waals surface area contributed by atoms with Crippen molar-refractivity contribution < 1.29 is 14.6 Å². The first kappa shape index (κ1) is 16.1. The molecule has 3 nitrogen and oxygen atoms in total. The molecule has 0 amide bonds. The molecule has 1 aliphatic heterocycles. The van der Waals surface area contributed by atoms with Gasteiger partial charge in [-0.15, -0.1) is 0 Å². The molecule has 4 fully saturated rings. The molecule has 0 bridgehead atoms. The summed E-state index contributed by atoms with van der Waals surface area (Å²) in [7, 11) is 0. The summed E-state index contributed by atoms with van der Waals surface area (Å²) < 4.78 is 6.35. The van der Waals surface area contributed by atoms with E-state index in [-0.39, 0.29) is 16.4 Å². The molecule has 4 unspecified atom stereocenters. The van der Waals surface area contributed by atoms with Crippen LogP contribution in [0, 0.1) is 34.5 Å². The van der Waals surface area contributed by atoms with Crippen LogP contribution in [-0.2, 0) is 9.53 Å². The van der Waals surface area contributed by atoms with Crippen molar-refractivity contribution in [2.45, 2.75) is 76.6 Å². The van der Waals surface area contributed by atoms with E-state index in [0.717, 1.165) is 31.1 Å². The third-order valence-electron chi connectivity index (χ3n) is 9.59. The number of aliphatic hydroxyl groups excluding tert-OH is 1. The average molecular weight is 354 g/mol. The average Bonchev–Trinajstić information content (AvgIpc) is 3.24. The molecule has 1 N–H and O–H groups in total. The third-order valence-corrected chi connectivity index (χ3v) is 9.59. The fourth-order valence-corrected chi connectivity index (χ4v) is 8.36. The van der Waals surface area contributed by atoms with E-state index in [4.69, 9.17) is 4.74 Å². The van der Waals surface area contributed by atoms with Gasteiger partial charge in [-0.3, -0.25) is 4.79 Å². The van der Waals surface area contributed by atoms with Gasteiger partial charge in [0.2, 0.25) is 0 Å². The summed E-state index contributed by atoms with van der Waals surface area (Å²) in [5.41, 5.74) is 1.68. The van der Waals surface area contributed by atoms with Crippen LogP contribution in [0.4, 0.5) is 0 Å². The van der Waals surface area contributed by atoms with Crippen LogP contribution in [0.15, 0.2) is 23.8 Å². The zero-order valence-corrected chi connectivity index (χ0v) is 15.7. The number of aliphatic hydroxyl groups is 1. The SMILES string of the molecule is C[C@]12CCC3C(CCC4=CC(=O)CC[C@@H]43)C1CC1(CC1)[C@@]21C=CC(O)O1. The van der Waals surface area contributed by atoms with Crippen LogP contribution in [0.2, 0.25) is 0 Å². The number of hydrogen-bond donors (Lipinski definition) is 1. The molecular formula is C23H30O3. The lowest BCUT2D eigenvalue weighted by molar-refractivity contribution is -0.198. The Morgan fingerprint density at radius 2 is 1.96 bits per heavy atom. The van der Waals surface area contributed by atoms with Gasteiger partial charge in [0.15, 0.2) is 12.1 Å². The highest BCUT2D eigenvalue weighted by molar-refractivity contribution is 5.91. The molecule has 3 heteroatoms. The molecule has 6 rings (SSSR count). The van der Waals surface area contributed by atoms with Crippen molar-refractivity contribution in [2.24, 2.45) is 34.5 Å². The summed E-state index contributed by atoms with van der Waals surface area (Å²) in [6.45, 7) is 2.47. The fourth-order valence-electron chi connectivity index (χ4n) is 8.36. The second-order valence-electron chi connectivity index (χ2n) is 10.3. The molecule has 4 saturated carbocycles. The Bertz CT molecular complexity index is 732. The summed E-state index contributed by atoms with van der Waals surface area (Å²) >= 11 is 0. The molecule has 0 saturated heterocycles. The Balaban J connectivity index is 1.38. The molecular weight excluding hydrogens is 324 g/mol. The van der Waals surface area contributed by atoms with E-state index in [2.05, 4.69) is 13.0 Å².